The van der Waals surface area contributed by atoms with Crippen molar-refractivity contribution in [3.63, 3.8) is 0 Å². The zero-order chi connectivity index (χ0) is 58.6. The lowest BCUT2D eigenvalue weighted by Crippen LogP contribution is -2.66. The Morgan fingerprint density at radius 3 is 1.47 bits per heavy atom. The molecule has 4 heterocycles. The van der Waals surface area contributed by atoms with Crippen molar-refractivity contribution in [1.82, 2.24) is 0 Å². The SMILES string of the molecule is COC1CC(C=CC(=O)OCC2OC(OC3C(OC4CC5C(OC6OC(CO)C(O)C(O)C6O)CC(O)CC5OC4C4CC(O)C(O)C(O)C4)OC(COC(=O)C=CC4CCC(O)C(OC)C4)C(O)C3O)C(O)C(O)C2O)CCC1O. The third kappa shape index (κ3) is 15.4. The Morgan fingerprint density at radius 1 is 0.457 bits per heavy atom. The Labute approximate surface area is 467 Å². The highest BCUT2D eigenvalue weighted by Gasteiger charge is 2.57. The Hall–Kier alpha value is -2.54. The Kier molecular flexibility index (Phi) is 22.9. The van der Waals surface area contributed by atoms with Crippen molar-refractivity contribution >= 4 is 11.9 Å². The molecule has 28 heteroatoms. The first kappa shape index (κ1) is 64.5. The minimum absolute atomic E-state index is 0.00911. The molecule has 0 aromatic rings. The van der Waals surface area contributed by atoms with Crippen LogP contribution in [-0.4, -0.2) is 288 Å². The number of carbonyl (C=O) groups excluding carboxylic acids is 2. The van der Waals surface area contributed by atoms with E-state index in [0.29, 0.717) is 38.5 Å². The molecule has 0 aromatic carbocycles. The van der Waals surface area contributed by atoms with Gasteiger partial charge in [0.1, 0.15) is 92.6 Å². The van der Waals surface area contributed by atoms with Gasteiger partial charge in [0, 0.05) is 38.7 Å². The molecule has 464 valence electrons. The number of hydrogen-bond donors (Lipinski definition) is 15. The number of aliphatic hydroxyl groups is 15. The highest BCUT2D eigenvalue weighted by atomic mass is 16.8. The quantitative estimate of drug-likeness (QED) is 0.0449. The number of fused-ring (bicyclic) bond motifs is 1. The minimum atomic E-state index is -2.08. The van der Waals surface area contributed by atoms with E-state index < -0.39 is 209 Å². The van der Waals surface area contributed by atoms with Crippen LogP contribution < -0.4 is 0 Å². The molecule has 0 amide bonds. The molecule has 0 bridgehead atoms. The number of hydrogen-bond acceptors (Lipinski definition) is 28. The van der Waals surface area contributed by atoms with Crippen LogP contribution in [-0.2, 0) is 61.7 Å². The molecule has 8 rings (SSSR count). The molecule has 29 atom stereocenters. The van der Waals surface area contributed by atoms with Crippen molar-refractivity contribution in [2.24, 2.45) is 23.7 Å². The summed E-state index contributed by atoms with van der Waals surface area (Å²) in [5.41, 5.74) is 0. The fourth-order valence-corrected chi connectivity index (χ4v) is 12.7. The average Bonchev–Trinajstić information content (AvgIpc) is 3.60. The topological polar surface area (TPSA) is 439 Å². The number of allylic oxidation sites excluding steroid dienone is 2. The molecular weight excluding hydrogens is 1080 g/mol. The predicted molar refractivity (Wildman–Crippen MR) is 267 cm³/mol. The van der Waals surface area contributed by atoms with Crippen LogP contribution in [0.25, 0.3) is 0 Å². The van der Waals surface area contributed by atoms with Crippen LogP contribution in [0, 0.1) is 23.7 Å². The van der Waals surface area contributed by atoms with Gasteiger partial charge in [-0.3, -0.25) is 0 Å². The van der Waals surface area contributed by atoms with Crippen LogP contribution in [0.4, 0.5) is 0 Å². The molecule has 8 aliphatic rings. The highest BCUT2D eigenvalue weighted by Crippen LogP contribution is 2.46. The number of esters is 2. The van der Waals surface area contributed by atoms with E-state index in [1.54, 1.807) is 12.2 Å². The van der Waals surface area contributed by atoms with E-state index in [9.17, 15) is 86.2 Å². The van der Waals surface area contributed by atoms with Crippen LogP contribution in [0.1, 0.15) is 70.6 Å². The average molecular weight is 1170 g/mol. The number of carbonyl (C=O) groups is 2. The Bertz CT molecular complexity index is 2040. The van der Waals surface area contributed by atoms with Crippen molar-refractivity contribution in [3.8, 4) is 0 Å². The van der Waals surface area contributed by atoms with Crippen molar-refractivity contribution in [1.29, 1.82) is 0 Å². The summed E-state index contributed by atoms with van der Waals surface area (Å²) in [6.45, 7) is -2.16. The molecule has 8 fully saturated rings. The highest BCUT2D eigenvalue weighted by molar-refractivity contribution is 5.82. The maximum Gasteiger partial charge on any atom is 0.330 e. The van der Waals surface area contributed by atoms with Gasteiger partial charge in [0.05, 0.1) is 73.8 Å². The lowest BCUT2D eigenvalue weighted by molar-refractivity contribution is -0.380. The Balaban J connectivity index is 1.05. The number of rotatable bonds is 18. The molecule has 29 unspecified atom stereocenters. The van der Waals surface area contributed by atoms with Crippen molar-refractivity contribution in [3.05, 3.63) is 24.3 Å². The molecule has 4 saturated heterocycles. The van der Waals surface area contributed by atoms with Crippen LogP contribution >= 0.6 is 0 Å². The normalized spacial score (nSPS) is 49.1. The second-order valence-corrected chi connectivity index (χ2v) is 23.0. The van der Waals surface area contributed by atoms with Gasteiger partial charge < -0.3 is 129 Å². The minimum Gasteiger partial charge on any atom is -0.460 e. The Morgan fingerprint density at radius 2 is 0.938 bits per heavy atom. The first-order valence-electron chi connectivity index (χ1n) is 28.1. The third-order valence-corrected chi connectivity index (χ3v) is 17.6. The van der Waals surface area contributed by atoms with Gasteiger partial charge in [0.2, 0.25) is 0 Å². The molecule has 28 nitrogen and oxygen atoms in total. The summed E-state index contributed by atoms with van der Waals surface area (Å²) in [5, 5.41) is 163. The summed E-state index contributed by atoms with van der Waals surface area (Å²) < 4.78 is 65.3. The van der Waals surface area contributed by atoms with Gasteiger partial charge in [0.15, 0.2) is 18.9 Å². The fraction of sp³-hybridized carbons (Fsp3) is 0.887. The van der Waals surface area contributed by atoms with E-state index in [1.165, 1.54) is 20.3 Å². The molecule has 15 N–H and O–H groups in total. The summed E-state index contributed by atoms with van der Waals surface area (Å²) in [7, 11) is 2.94. The van der Waals surface area contributed by atoms with Crippen LogP contribution in [0.2, 0.25) is 0 Å². The largest absolute Gasteiger partial charge is 0.460 e. The number of ether oxygens (including phenoxy) is 11. The monoisotopic (exact) mass is 1170 g/mol. The van der Waals surface area contributed by atoms with E-state index in [0.717, 1.165) is 6.08 Å². The molecule has 4 aliphatic heterocycles. The maximum absolute atomic E-state index is 13.2. The van der Waals surface area contributed by atoms with E-state index in [4.69, 9.17) is 52.1 Å². The maximum atomic E-state index is 13.2. The van der Waals surface area contributed by atoms with Gasteiger partial charge in [-0.05, 0) is 82.0 Å². The van der Waals surface area contributed by atoms with Crippen molar-refractivity contribution in [2.75, 3.05) is 34.0 Å². The van der Waals surface area contributed by atoms with Gasteiger partial charge in [0.25, 0.3) is 0 Å². The summed E-state index contributed by atoms with van der Waals surface area (Å²) in [4.78, 5) is 26.1. The van der Waals surface area contributed by atoms with E-state index in [-0.39, 0.29) is 43.9 Å². The fourth-order valence-electron chi connectivity index (χ4n) is 12.7. The van der Waals surface area contributed by atoms with Crippen LogP contribution in [0.15, 0.2) is 24.3 Å². The first-order valence-corrected chi connectivity index (χ1v) is 28.1. The molecule has 0 aromatic heterocycles. The van der Waals surface area contributed by atoms with E-state index in [2.05, 4.69) is 0 Å². The predicted octanol–water partition coefficient (Wildman–Crippen LogP) is -5.83. The van der Waals surface area contributed by atoms with Gasteiger partial charge in [-0.25, -0.2) is 9.59 Å². The molecule has 0 radical (unpaired) electrons. The second-order valence-electron chi connectivity index (χ2n) is 23.0. The lowest BCUT2D eigenvalue weighted by Gasteiger charge is -2.53. The van der Waals surface area contributed by atoms with Gasteiger partial charge in [-0.15, -0.1) is 0 Å². The molecular formula is C53H84O28. The second kappa shape index (κ2) is 28.8. The molecule has 4 saturated carbocycles. The van der Waals surface area contributed by atoms with Gasteiger partial charge >= 0.3 is 11.9 Å². The number of methoxy groups -OCH3 is 2. The van der Waals surface area contributed by atoms with Crippen LogP contribution in [0.5, 0.6) is 0 Å². The van der Waals surface area contributed by atoms with Gasteiger partial charge in [-0.2, -0.15) is 0 Å². The van der Waals surface area contributed by atoms with Crippen LogP contribution in [0.3, 0.4) is 0 Å². The van der Waals surface area contributed by atoms with Crippen molar-refractivity contribution in [2.45, 2.75) is 236 Å². The standard InChI is InChI=1S/C53H84O28/c1-71-32-11-21(3-7-26(32)56)5-9-38(60)73-19-36-42(64)45(67)48(70)52(79-36)81-50-46(68)43(65)37(20-74-39(61)10-6-22-4-8-27(57)33(12-22)72-2)80-53(50)77-34-17-25-30(75-49(34)23-13-28(58)40(62)29(59)14-23)15-24(55)16-31(25)76-51-47(69)44(66)41(63)35(18-54)78-51/h5-6,9-10,21-37,40-59,62-70H,3-4,7-8,11-20H2,1-2H3. The summed E-state index contributed by atoms with van der Waals surface area (Å²) in [5.74, 6) is -3.61. The van der Waals surface area contributed by atoms with E-state index >= 15 is 0 Å². The smallest absolute Gasteiger partial charge is 0.330 e. The lowest BCUT2D eigenvalue weighted by atomic mass is 9.72. The molecule has 4 aliphatic carbocycles. The zero-order valence-electron chi connectivity index (χ0n) is 45.1. The first-order chi connectivity index (χ1) is 38.6. The van der Waals surface area contributed by atoms with E-state index in [1.807, 2.05) is 0 Å². The zero-order valence-corrected chi connectivity index (χ0v) is 45.1. The van der Waals surface area contributed by atoms with Gasteiger partial charge in [-0.1, -0.05) is 12.2 Å². The van der Waals surface area contributed by atoms with Crippen molar-refractivity contribution < 1.29 is 138 Å². The number of aliphatic hydroxyl groups excluding tert-OH is 15. The third-order valence-electron chi connectivity index (χ3n) is 17.6. The summed E-state index contributed by atoms with van der Waals surface area (Å²) >= 11 is 0. The molecule has 0 spiro atoms. The summed E-state index contributed by atoms with van der Waals surface area (Å²) in [6, 6.07) is 0. The molecule has 81 heavy (non-hydrogen) atoms. The summed E-state index contributed by atoms with van der Waals surface area (Å²) in [6.07, 6.45) is -31.6.